The highest BCUT2D eigenvalue weighted by Gasteiger charge is 2.29. The van der Waals surface area contributed by atoms with Crippen molar-refractivity contribution in [1.29, 1.82) is 0 Å². The number of nitrogens with zero attached hydrogens (tertiary/aromatic N) is 7. The topological polar surface area (TPSA) is 72.2 Å². The highest BCUT2D eigenvalue weighted by atomic mass is 32.2. The first kappa shape index (κ1) is 23.4. The molecule has 176 valence electrons. The van der Waals surface area contributed by atoms with Crippen molar-refractivity contribution in [2.45, 2.75) is 63.1 Å². The van der Waals surface area contributed by atoms with E-state index < -0.39 is 0 Å². The summed E-state index contributed by atoms with van der Waals surface area (Å²) in [6.07, 6.45) is 3.69. The number of hydrogen-bond donors (Lipinski definition) is 0. The Bertz CT molecular complexity index is 898. The SMILES string of the molecule is COCc1nnc(SCCCN2CCN(c3cc(C4CC4)nc(C(C)(C)C)n3)CC2)n1C. The Morgan fingerprint density at radius 3 is 2.50 bits per heavy atom. The Morgan fingerprint density at radius 2 is 1.84 bits per heavy atom. The van der Waals surface area contributed by atoms with E-state index in [0.717, 1.165) is 67.5 Å². The quantitative estimate of drug-likeness (QED) is 0.418. The van der Waals surface area contributed by atoms with Crippen LogP contribution in [-0.2, 0) is 23.8 Å². The van der Waals surface area contributed by atoms with Gasteiger partial charge in [-0.25, -0.2) is 9.97 Å². The van der Waals surface area contributed by atoms with E-state index in [0.29, 0.717) is 12.5 Å². The molecular weight excluding hydrogens is 422 g/mol. The Labute approximate surface area is 196 Å². The first-order valence-corrected chi connectivity index (χ1v) is 12.7. The summed E-state index contributed by atoms with van der Waals surface area (Å²) in [7, 11) is 3.68. The third-order valence-corrected chi connectivity index (χ3v) is 7.25. The molecule has 0 aromatic carbocycles. The molecule has 0 unspecified atom stereocenters. The predicted octanol–water partition coefficient (Wildman–Crippen LogP) is 3.23. The fourth-order valence-corrected chi connectivity index (χ4v) is 4.77. The van der Waals surface area contributed by atoms with E-state index in [1.165, 1.54) is 18.5 Å². The molecule has 8 nitrogen and oxygen atoms in total. The summed E-state index contributed by atoms with van der Waals surface area (Å²) in [4.78, 5) is 14.9. The van der Waals surface area contributed by atoms with Gasteiger partial charge in [0, 0.05) is 69.2 Å². The minimum absolute atomic E-state index is 0.0216. The van der Waals surface area contributed by atoms with Crippen molar-refractivity contribution in [3.05, 3.63) is 23.4 Å². The lowest BCUT2D eigenvalue weighted by Gasteiger charge is -2.36. The zero-order valence-electron chi connectivity index (χ0n) is 20.2. The van der Waals surface area contributed by atoms with Gasteiger partial charge in [-0.2, -0.15) is 0 Å². The van der Waals surface area contributed by atoms with Crippen LogP contribution in [0.15, 0.2) is 11.2 Å². The first-order valence-electron chi connectivity index (χ1n) is 11.7. The third kappa shape index (κ3) is 5.80. The van der Waals surface area contributed by atoms with Crippen molar-refractivity contribution in [3.63, 3.8) is 0 Å². The van der Waals surface area contributed by atoms with Crippen LogP contribution in [0.2, 0.25) is 0 Å². The molecule has 0 bridgehead atoms. The van der Waals surface area contributed by atoms with Gasteiger partial charge in [-0.05, 0) is 25.8 Å². The molecule has 4 rings (SSSR count). The monoisotopic (exact) mass is 459 g/mol. The van der Waals surface area contributed by atoms with Gasteiger partial charge in [0.15, 0.2) is 11.0 Å². The highest BCUT2D eigenvalue weighted by molar-refractivity contribution is 7.99. The van der Waals surface area contributed by atoms with Gasteiger partial charge < -0.3 is 14.2 Å². The number of methoxy groups -OCH3 is 1. The standard InChI is InChI=1S/C23H37N7OS/c1-23(2,3)21-24-18(17-7-8-17)15-19(25-21)30-12-10-29(11-13-30)9-6-14-32-22-27-26-20(16-31-5)28(22)4/h15,17H,6-14,16H2,1-5H3. The lowest BCUT2D eigenvalue weighted by molar-refractivity contribution is 0.174. The molecule has 9 heteroatoms. The zero-order valence-corrected chi connectivity index (χ0v) is 21.0. The lowest BCUT2D eigenvalue weighted by Crippen LogP contribution is -2.47. The van der Waals surface area contributed by atoms with E-state index in [1.54, 1.807) is 18.9 Å². The smallest absolute Gasteiger partial charge is 0.191 e. The Hall–Kier alpha value is -1.71. The van der Waals surface area contributed by atoms with Crippen molar-refractivity contribution >= 4 is 17.6 Å². The second kappa shape index (κ2) is 10.1. The molecule has 1 aliphatic carbocycles. The largest absolute Gasteiger partial charge is 0.377 e. The normalized spacial score (nSPS) is 17.8. The number of hydrogen-bond acceptors (Lipinski definition) is 8. The van der Waals surface area contributed by atoms with Crippen LogP contribution in [0, 0.1) is 0 Å². The van der Waals surface area contributed by atoms with Crippen LogP contribution in [0.4, 0.5) is 5.82 Å². The van der Waals surface area contributed by atoms with Gasteiger partial charge in [-0.1, -0.05) is 32.5 Å². The summed E-state index contributed by atoms with van der Waals surface area (Å²) in [5.41, 5.74) is 1.23. The van der Waals surface area contributed by atoms with E-state index in [4.69, 9.17) is 14.7 Å². The first-order chi connectivity index (χ1) is 15.3. The molecule has 1 saturated heterocycles. The summed E-state index contributed by atoms with van der Waals surface area (Å²) < 4.78 is 7.18. The maximum absolute atomic E-state index is 5.16. The molecule has 2 aromatic heterocycles. The van der Waals surface area contributed by atoms with Crippen LogP contribution in [0.3, 0.4) is 0 Å². The average molecular weight is 460 g/mol. The van der Waals surface area contributed by atoms with Crippen LogP contribution >= 0.6 is 11.8 Å². The fourth-order valence-electron chi connectivity index (χ4n) is 3.92. The number of ether oxygens (including phenoxy) is 1. The molecule has 1 saturated carbocycles. The van der Waals surface area contributed by atoms with E-state index >= 15 is 0 Å². The molecule has 0 radical (unpaired) electrons. The lowest BCUT2D eigenvalue weighted by atomic mass is 9.95. The number of anilines is 1. The molecule has 32 heavy (non-hydrogen) atoms. The fraction of sp³-hybridized carbons (Fsp3) is 0.739. The van der Waals surface area contributed by atoms with Gasteiger partial charge in [0.25, 0.3) is 0 Å². The number of thioether (sulfide) groups is 1. The minimum Gasteiger partial charge on any atom is -0.377 e. The van der Waals surface area contributed by atoms with Gasteiger partial charge in [0.2, 0.25) is 0 Å². The van der Waals surface area contributed by atoms with Gasteiger partial charge >= 0.3 is 0 Å². The second-order valence-corrected chi connectivity index (χ2v) is 11.0. The Kier molecular flexibility index (Phi) is 7.37. The van der Waals surface area contributed by atoms with Crippen LogP contribution < -0.4 is 4.90 Å². The molecule has 0 atom stereocenters. The summed E-state index contributed by atoms with van der Waals surface area (Å²) in [6, 6.07) is 2.25. The number of aromatic nitrogens is 5. The molecule has 0 amide bonds. The van der Waals surface area contributed by atoms with Crippen molar-refractivity contribution in [2.24, 2.45) is 7.05 Å². The Morgan fingerprint density at radius 1 is 1.09 bits per heavy atom. The van der Waals surface area contributed by atoms with Crippen molar-refractivity contribution < 1.29 is 4.74 Å². The van der Waals surface area contributed by atoms with E-state index in [-0.39, 0.29) is 5.41 Å². The molecule has 2 aromatic rings. The Balaban J connectivity index is 1.25. The summed E-state index contributed by atoms with van der Waals surface area (Å²) in [5.74, 6) is 4.67. The zero-order chi connectivity index (χ0) is 22.7. The maximum Gasteiger partial charge on any atom is 0.191 e. The molecule has 2 fully saturated rings. The number of piperazine rings is 1. The van der Waals surface area contributed by atoms with E-state index in [2.05, 4.69) is 46.8 Å². The van der Waals surface area contributed by atoms with Gasteiger partial charge in [0.1, 0.15) is 18.2 Å². The predicted molar refractivity (Wildman–Crippen MR) is 128 cm³/mol. The summed E-state index contributed by atoms with van der Waals surface area (Å²) in [5, 5.41) is 9.43. The van der Waals surface area contributed by atoms with Crippen LogP contribution in [0.25, 0.3) is 0 Å². The third-order valence-electron chi connectivity index (χ3n) is 6.14. The number of rotatable bonds is 9. The molecular formula is C23H37N7OS. The molecule has 0 N–H and O–H groups in total. The van der Waals surface area contributed by atoms with Crippen molar-refractivity contribution in [2.75, 3.05) is 50.5 Å². The van der Waals surface area contributed by atoms with Crippen molar-refractivity contribution in [1.82, 2.24) is 29.6 Å². The van der Waals surface area contributed by atoms with Crippen LogP contribution in [-0.4, -0.2) is 75.2 Å². The molecule has 0 spiro atoms. The van der Waals surface area contributed by atoms with Crippen LogP contribution in [0.1, 0.15) is 63.3 Å². The summed E-state index contributed by atoms with van der Waals surface area (Å²) in [6.45, 7) is 12.5. The summed E-state index contributed by atoms with van der Waals surface area (Å²) >= 11 is 1.77. The minimum atomic E-state index is -0.0216. The highest BCUT2D eigenvalue weighted by Crippen LogP contribution is 2.40. The van der Waals surface area contributed by atoms with Gasteiger partial charge in [-0.3, -0.25) is 4.90 Å². The van der Waals surface area contributed by atoms with Gasteiger partial charge in [-0.15, -0.1) is 10.2 Å². The van der Waals surface area contributed by atoms with Gasteiger partial charge in [0.05, 0.1) is 0 Å². The molecule has 3 heterocycles. The molecule has 1 aliphatic heterocycles. The second-order valence-electron chi connectivity index (χ2n) is 9.92. The average Bonchev–Trinajstić information content (AvgIpc) is 3.57. The van der Waals surface area contributed by atoms with Crippen molar-refractivity contribution in [3.8, 4) is 0 Å². The maximum atomic E-state index is 5.16. The molecule has 2 aliphatic rings. The van der Waals surface area contributed by atoms with E-state index in [1.807, 2.05) is 11.6 Å². The van der Waals surface area contributed by atoms with E-state index in [9.17, 15) is 0 Å². The van der Waals surface area contributed by atoms with Crippen LogP contribution in [0.5, 0.6) is 0 Å².